The van der Waals surface area contributed by atoms with Crippen LogP contribution < -0.4 is 5.32 Å². The third-order valence-electron chi connectivity index (χ3n) is 4.59. The summed E-state index contributed by atoms with van der Waals surface area (Å²) in [7, 11) is 0. The first-order valence-corrected chi connectivity index (χ1v) is 10.9. The molecule has 0 saturated heterocycles. The Hall–Kier alpha value is -1.92. The quantitative estimate of drug-likeness (QED) is 0.299. The van der Waals surface area contributed by atoms with Gasteiger partial charge in [0, 0.05) is 37.2 Å². The van der Waals surface area contributed by atoms with Gasteiger partial charge in [0.25, 0.3) is 0 Å². The highest BCUT2D eigenvalue weighted by atomic mass is 127. The predicted molar refractivity (Wildman–Crippen MR) is 121 cm³/mol. The molecule has 2 N–H and O–H groups in total. The molecule has 0 atom stereocenters. The number of imidazole rings is 1. The maximum absolute atomic E-state index is 13.2. The van der Waals surface area contributed by atoms with Crippen LogP contribution in [0.25, 0.3) is 11.4 Å². The van der Waals surface area contributed by atoms with Crippen molar-refractivity contribution < 1.29 is 18.3 Å². The fourth-order valence-corrected chi connectivity index (χ4v) is 3.66. The zero-order valence-electron chi connectivity index (χ0n) is 16.7. The molecule has 166 valence electrons. The molecule has 1 aromatic carbocycles. The van der Waals surface area contributed by atoms with Crippen LogP contribution in [-0.4, -0.2) is 31.2 Å². The molecule has 0 bridgehead atoms. The predicted octanol–water partition coefficient (Wildman–Crippen LogP) is 5.34. The van der Waals surface area contributed by atoms with Crippen molar-refractivity contribution in [3.63, 3.8) is 0 Å². The molecule has 0 amide bonds. The molecule has 0 unspecified atom stereocenters. The number of hydrogen-bond acceptors (Lipinski definition) is 5. The van der Waals surface area contributed by atoms with E-state index in [1.165, 1.54) is 4.57 Å². The number of halogens is 5. The molecule has 0 radical (unpaired) electrons. The van der Waals surface area contributed by atoms with E-state index in [1.807, 2.05) is 6.07 Å². The third kappa shape index (κ3) is 5.66. The normalized spacial score (nSPS) is 11.9. The SMILES string of the molecule is CC(C)n1cc(C(F)(F)F)nc1-c1ccc(CNc2nc(Cl)ncc2I)c(CCO)c1. The van der Waals surface area contributed by atoms with Gasteiger partial charge in [0.2, 0.25) is 5.28 Å². The van der Waals surface area contributed by atoms with Crippen LogP contribution in [0.5, 0.6) is 0 Å². The number of aliphatic hydroxyl groups is 1. The van der Waals surface area contributed by atoms with Gasteiger partial charge < -0.3 is 15.0 Å². The van der Waals surface area contributed by atoms with Crippen molar-refractivity contribution in [3.05, 3.63) is 56.3 Å². The van der Waals surface area contributed by atoms with Gasteiger partial charge in [0.15, 0.2) is 5.69 Å². The van der Waals surface area contributed by atoms with Crippen LogP contribution in [0, 0.1) is 3.57 Å². The Kier molecular flexibility index (Phi) is 7.43. The fraction of sp³-hybridized carbons (Fsp3) is 0.350. The summed E-state index contributed by atoms with van der Waals surface area (Å²) in [5.41, 5.74) is 1.30. The van der Waals surface area contributed by atoms with E-state index < -0.39 is 11.9 Å². The van der Waals surface area contributed by atoms with Crippen molar-refractivity contribution >= 4 is 40.0 Å². The molecule has 2 aromatic heterocycles. The van der Waals surface area contributed by atoms with Crippen LogP contribution in [0.1, 0.15) is 36.7 Å². The number of rotatable bonds is 7. The molecule has 3 aromatic rings. The number of aromatic nitrogens is 4. The average molecular weight is 566 g/mol. The van der Waals surface area contributed by atoms with E-state index in [2.05, 4.69) is 42.9 Å². The first-order valence-electron chi connectivity index (χ1n) is 9.41. The summed E-state index contributed by atoms with van der Waals surface area (Å²) in [6.45, 7) is 3.89. The Morgan fingerprint density at radius 3 is 2.61 bits per heavy atom. The van der Waals surface area contributed by atoms with Crippen LogP contribution in [0.4, 0.5) is 19.0 Å². The molecule has 3 rings (SSSR count). The summed E-state index contributed by atoms with van der Waals surface area (Å²) < 4.78 is 41.9. The summed E-state index contributed by atoms with van der Waals surface area (Å²) in [4.78, 5) is 11.9. The molecular formula is C20H20ClF3IN5O. The number of anilines is 1. The monoisotopic (exact) mass is 565 g/mol. The van der Waals surface area contributed by atoms with Crippen LogP contribution in [-0.2, 0) is 19.1 Å². The average Bonchev–Trinajstić information content (AvgIpc) is 3.16. The lowest BCUT2D eigenvalue weighted by Gasteiger charge is -2.15. The summed E-state index contributed by atoms with van der Waals surface area (Å²) in [5.74, 6) is 0.808. The lowest BCUT2D eigenvalue weighted by Crippen LogP contribution is -2.08. The van der Waals surface area contributed by atoms with Gasteiger partial charge >= 0.3 is 6.18 Å². The number of alkyl halides is 3. The highest BCUT2D eigenvalue weighted by Gasteiger charge is 2.35. The number of hydrogen-bond donors (Lipinski definition) is 2. The number of nitrogens with zero attached hydrogens (tertiary/aromatic N) is 4. The van der Waals surface area contributed by atoms with Crippen LogP contribution in [0.3, 0.4) is 0 Å². The van der Waals surface area contributed by atoms with Crippen molar-refractivity contribution in [3.8, 4) is 11.4 Å². The van der Waals surface area contributed by atoms with Gasteiger partial charge in [-0.2, -0.15) is 18.2 Å². The lowest BCUT2D eigenvalue weighted by atomic mass is 10.0. The van der Waals surface area contributed by atoms with Crippen molar-refractivity contribution in [2.24, 2.45) is 0 Å². The van der Waals surface area contributed by atoms with Crippen LogP contribution >= 0.6 is 34.2 Å². The Morgan fingerprint density at radius 2 is 1.97 bits per heavy atom. The third-order valence-corrected chi connectivity index (χ3v) is 5.56. The second-order valence-electron chi connectivity index (χ2n) is 7.09. The molecule has 0 aliphatic rings. The summed E-state index contributed by atoms with van der Waals surface area (Å²) in [6.07, 6.45) is -1.55. The highest BCUT2D eigenvalue weighted by molar-refractivity contribution is 14.1. The fourth-order valence-electron chi connectivity index (χ4n) is 3.08. The summed E-state index contributed by atoms with van der Waals surface area (Å²) in [6, 6.07) is 5.12. The van der Waals surface area contributed by atoms with Crippen LogP contribution in [0.2, 0.25) is 5.28 Å². The van der Waals surface area contributed by atoms with Gasteiger partial charge in [-0.05, 0) is 71.7 Å². The maximum atomic E-state index is 13.2. The van der Waals surface area contributed by atoms with Crippen molar-refractivity contribution in [2.75, 3.05) is 11.9 Å². The second-order valence-corrected chi connectivity index (χ2v) is 8.60. The van der Waals surface area contributed by atoms with Gasteiger partial charge in [-0.25, -0.2) is 9.97 Å². The van der Waals surface area contributed by atoms with E-state index in [1.54, 1.807) is 32.2 Å². The zero-order valence-corrected chi connectivity index (χ0v) is 19.6. The standard InChI is InChI=1S/C20H20ClF3IN5O/c1-11(2)30-10-16(20(22,23)24)28-18(30)13-3-4-14(12(7-13)5-6-31)8-26-17-15(25)9-27-19(21)29-17/h3-4,7,9-11,31H,5-6,8H2,1-2H3,(H,26,27,29). The highest BCUT2D eigenvalue weighted by Crippen LogP contribution is 2.33. The lowest BCUT2D eigenvalue weighted by molar-refractivity contribution is -0.140. The minimum absolute atomic E-state index is 0.0975. The Labute approximate surface area is 196 Å². The second kappa shape index (κ2) is 9.70. The largest absolute Gasteiger partial charge is 0.434 e. The maximum Gasteiger partial charge on any atom is 0.434 e. The van der Waals surface area contributed by atoms with Gasteiger partial charge in [-0.15, -0.1) is 0 Å². The molecule has 0 saturated carbocycles. The van der Waals surface area contributed by atoms with Gasteiger partial charge in [0.1, 0.15) is 11.6 Å². The molecule has 6 nitrogen and oxygen atoms in total. The molecule has 0 aliphatic carbocycles. The van der Waals surface area contributed by atoms with Crippen LogP contribution in [0.15, 0.2) is 30.6 Å². The Morgan fingerprint density at radius 1 is 1.23 bits per heavy atom. The molecule has 31 heavy (non-hydrogen) atoms. The minimum Gasteiger partial charge on any atom is -0.396 e. The summed E-state index contributed by atoms with van der Waals surface area (Å²) in [5, 5.41) is 12.8. The van der Waals surface area contributed by atoms with E-state index in [0.717, 1.165) is 20.9 Å². The van der Waals surface area contributed by atoms with Crippen molar-refractivity contribution in [1.82, 2.24) is 19.5 Å². The molecular weight excluding hydrogens is 546 g/mol. The van der Waals surface area contributed by atoms with Crippen molar-refractivity contribution in [2.45, 2.75) is 39.0 Å². The summed E-state index contributed by atoms with van der Waals surface area (Å²) >= 11 is 7.94. The first-order chi connectivity index (χ1) is 14.6. The Balaban J connectivity index is 1.95. The smallest absolute Gasteiger partial charge is 0.396 e. The van der Waals surface area contributed by atoms with Gasteiger partial charge in [-0.3, -0.25) is 0 Å². The topological polar surface area (TPSA) is 75.9 Å². The molecule has 0 fully saturated rings. The van der Waals surface area contributed by atoms with E-state index in [4.69, 9.17) is 11.6 Å². The molecule has 0 spiro atoms. The Bertz CT molecular complexity index is 1070. The minimum atomic E-state index is -4.53. The van der Waals surface area contributed by atoms with E-state index in [9.17, 15) is 18.3 Å². The van der Waals surface area contributed by atoms with Crippen molar-refractivity contribution in [1.29, 1.82) is 0 Å². The zero-order chi connectivity index (χ0) is 22.8. The molecule has 11 heteroatoms. The van der Waals surface area contributed by atoms with Gasteiger partial charge in [0.05, 0.1) is 3.57 Å². The molecule has 0 aliphatic heterocycles. The number of aliphatic hydroxyl groups excluding tert-OH is 1. The first kappa shape index (κ1) is 23.7. The number of nitrogens with one attached hydrogen (secondary N) is 1. The van der Waals surface area contributed by atoms with E-state index in [-0.39, 0.29) is 23.8 Å². The van der Waals surface area contributed by atoms with E-state index in [0.29, 0.717) is 24.3 Å². The van der Waals surface area contributed by atoms with E-state index >= 15 is 0 Å². The molecule has 2 heterocycles. The number of benzene rings is 1. The van der Waals surface area contributed by atoms with Gasteiger partial charge in [-0.1, -0.05) is 12.1 Å².